The van der Waals surface area contributed by atoms with Crippen molar-refractivity contribution in [2.24, 2.45) is 7.05 Å². The molecule has 1 aromatic heterocycles. The van der Waals surface area contributed by atoms with E-state index in [0.29, 0.717) is 6.54 Å². The van der Waals surface area contributed by atoms with E-state index in [4.69, 9.17) is 11.6 Å². The summed E-state index contributed by atoms with van der Waals surface area (Å²) in [5, 5.41) is 6.54. The van der Waals surface area contributed by atoms with Gasteiger partial charge in [-0.05, 0) is 20.8 Å². The summed E-state index contributed by atoms with van der Waals surface area (Å²) in [7, 11) is 1.89. The molecule has 1 aromatic rings. The van der Waals surface area contributed by atoms with Gasteiger partial charge in [-0.15, -0.1) is 11.6 Å². The maximum Gasteiger partial charge on any atom is 0.238 e. The summed E-state index contributed by atoms with van der Waals surface area (Å²) < 4.78 is 1.81. The van der Waals surface area contributed by atoms with Gasteiger partial charge in [-0.2, -0.15) is 5.10 Å². The van der Waals surface area contributed by atoms with Gasteiger partial charge in [-0.1, -0.05) is 0 Å². The van der Waals surface area contributed by atoms with Crippen molar-refractivity contribution in [2.75, 3.05) is 0 Å². The highest BCUT2D eigenvalue weighted by molar-refractivity contribution is 6.30. The number of hydrogen-bond acceptors (Lipinski definition) is 2. The van der Waals surface area contributed by atoms with Crippen LogP contribution < -0.4 is 5.32 Å². The van der Waals surface area contributed by atoms with E-state index in [2.05, 4.69) is 10.4 Å². The van der Waals surface area contributed by atoms with E-state index in [1.54, 1.807) is 11.6 Å². The van der Waals surface area contributed by atoms with Crippen molar-refractivity contribution >= 4 is 17.5 Å². The van der Waals surface area contributed by atoms with E-state index in [9.17, 15) is 4.79 Å². The molecule has 1 atom stereocenters. The monoisotopic (exact) mass is 229 g/mol. The van der Waals surface area contributed by atoms with Gasteiger partial charge in [0.15, 0.2) is 0 Å². The van der Waals surface area contributed by atoms with Crippen molar-refractivity contribution in [3.8, 4) is 0 Å². The second kappa shape index (κ2) is 4.66. The van der Waals surface area contributed by atoms with Gasteiger partial charge < -0.3 is 5.32 Å². The Labute approximate surface area is 94.6 Å². The number of amides is 1. The molecule has 4 nitrogen and oxygen atoms in total. The molecule has 0 fully saturated rings. The third-order valence-electron chi connectivity index (χ3n) is 2.46. The van der Waals surface area contributed by atoms with Crippen LogP contribution >= 0.6 is 11.6 Å². The fourth-order valence-electron chi connectivity index (χ4n) is 1.39. The standard InChI is InChI=1S/C10H16ClN3O/c1-6(11)10(15)12-5-9-7(2)13-14(4)8(9)3/h6H,5H2,1-4H3,(H,12,15). The molecule has 1 N–H and O–H groups in total. The number of alkyl halides is 1. The lowest BCUT2D eigenvalue weighted by Crippen LogP contribution is -2.29. The smallest absolute Gasteiger partial charge is 0.238 e. The van der Waals surface area contributed by atoms with Crippen LogP contribution in [0, 0.1) is 13.8 Å². The number of hydrogen-bond donors (Lipinski definition) is 1. The van der Waals surface area contributed by atoms with E-state index >= 15 is 0 Å². The predicted octanol–water partition coefficient (Wildman–Crippen LogP) is 1.28. The van der Waals surface area contributed by atoms with Gasteiger partial charge in [0.1, 0.15) is 5.38 Å². The number of aromatic nitrogens is 2. The number of carbonyl (C=O) groups is 1. The molecular weight excluding hydrogens is 214 g/mol. The van der Waals surface area contributed by atoms with Crippen LogP contribution in [0.15, 0.2) is 0 Å². The molecule has 0 aliphatic heterocycles. The number of aryl methyl sites for hydroxylation is 2. The van der Waals surface area contributed by atoms with E-state index in [-0.39, 0.29) is 5.91 Å². The molecule has 1 heterocycles. The molecule has 15 heavy (non-hydrogen) atoms. The zero-order chi connectivity index (χ0) is 11.6. The van der Waals surface area contributed by atoms with E-state index < -0.39 is 5.38 Å². The summed E-state index contributed by atoms with van der Waals surface area (Å²) in [5.74, 6) is -0.153. The topological polar surface area (TPSA) is 46.9 Å². The Morgan fingerprint density at radius 2 is 2.20 bits per heavy atom. The van der Waals surface area contributed by atoms with Gasteiger partial charge >= 0.3 is 0 Å². The lowest BCUT2D eigenvalue weighted by Gasteiger charge is -2.06. The summed E-state index contributed by atoms with van der Waals surface area (Å²) in [6.45, 7) is 6.05. The Morgan fingerprint density at radius 3 is 2.60 bits per heavy atom. The first-order valence-corrected chi connectivity index (χ1v) is 5.28. The fraction of sp³-hybridized carbons (Fsp3) is 0.600. The molecule has 1 unspecified atom stereocenters. The Bertz CT molecular complexity index is 371. The van der Waals surface area contributed by atoms with E-state index in [1.807, 2.05) is 20.9 Å². The maximum absolute atomic E-state index is 11.3. The summed E-state index contributed by atoms with van der Waals surface area (Å²) in [4.78, 5) is 11.3. The van der Waals surface area contributed by atoms with Crippen LogP contribution in [-0.4, -0.2) is 21.1 Å². The van der Waals surface area contributed by atoms with Crippen LogP contribution in [0.3, 0.4) is 0 Å². The van der Waals surface area contributed by atoms with Crippen LogP contribution in [-0.2, 0) is 18.4 Å². The van der Waals surface area contributed by atoms with E-state index in [1.165, 1.54) is 0 Å². The lowest BCUT2D eigenvalue weighted by atomic mass is 10.2. The fourth-order valence-corrected chi connectivity index (χ4v) is 1.47. The number of halogens is 1. The van der Waals surface area contributed by atoms with Crippen LogP contribution in [0.5, 0.6) is 0 Å². The van der Waals surface area contributed by atoms with Crippen molar-refractivity contribution in [3.05, 3.63) is 17.0 Å². The van der Waals surface area contributed by atoms with Crippen molar-refractivity contribution < 1.29 is 4.79 Å². The minimum absolute atomic E-state index is 0.153. The molecular formula is C10H16ClN3O. The molecule has 0 aromatic carbocycles. The van der Waals surface area contributed by atoms with Gasteiger partial charge in [-0.25, -0.2) is 0 Å². The molecule has 0 saturated carbocycles. The first-order valence-electron chi connectivity index (χ1n) is 4.84. The Morgan fingerprint density at radius 1 is 1.60 bits per heavy atom. The second-order valence-electron chi connectivity index (χ2n) is 3.61. The SMILES string of the molecule is Cc1nn(C)c(C)c1CNC(=O)C(C)Cl. The van der Waals surface area contributed by atoms with Crippen molar-refractivity contribution in [1.29, 1.82) is 0 Å². The number of nitrogens with one attached hydrogen (secondary N) is 1. The molecule has 0 aliphatic rings. The minimum Gasteiger partial charge on any atom is -0.351 e. The minimum atomic E-state index is -0.498. The van der Waals surface area contributed by atoms with E-state index in [0.717, 1.165) is 17.0 Å². The Balaban J connectivity index is 2.69. The van der Waals surface area contributed by atoms with Crippen LogP contribution in [0.4, 0.5) is 0 Å². The maximum atomic E-state index is 11.3. The molecule has 1 amide bonds. The summed E-state index contributed by atoms with van der Waals surface area (Å²) in [6, 6.07) is 0. The highest BCUT2D eigenvalue weighted by Gasteiger charge is 2.12. The van der Waals surface area contributed by atoms with Crippen LogP contribution in [0.2, 0.25) is 0 Å². The zero-order valence-electron chi connectivity index (χ0n) is 9.47. The zero-order valence-corrected chi connectivity index (χ0v) is 10.2. The molecule has 84 valence electrons. The quantitative estimate of drug-likeness (QED) is 0.794. The predicted molar refractivity (Wildman–Crippen MR) is 59.8 cm³/mol. The van der Waals surface area contributed by atoms with Crippen molar-refractivity contribution in [2.45, 2.75) is 32.7 Å². The Hall–Kier alpha value is -1.03. The van der Waals surface area contributed by atoms with Gasteiger partial charge in [-0.3, -0.25) is 9.48 Å². The van der Waals surface area contributed by atoms with Crippen LogP contribution in [0.1, 0.15) is 23.9 Å². The summed E-state index contributed by atoms with van der Waals surface area (Å²) in [5.41, 5.74) is 3.07. The van der Waals surface area contributed by atoms with Crippen molar-refractivity contribution in [3.63, 3.8) is 0 Å². The molecule has 0 saturated heterocycles. The highest BCUT2D eigenvalue weighted by atomic mass is 35.5. The molecule has 5 heteroatoms. The lowest BCUT2D eigenvalue weighted by molar-refractivity contribution is -0.120. The second-order valence-corrected chi connectivity index (χ2v) is 4.26. The number of nitrogens with zero attached hydrogens (tertiary/aromatic N) is 2. The summed E-state index contributed by atoms with van der Waals surface area (Å²) >= 11 is 5.65. The van der Waals surface area contributed by atoms with Crippen LogP contribution in [0.25, 0.3) is 0 Å². The Kier molecular flexibility index (Phi) is 3.74. The third kappa shape index (κ3) is 2.72. The highest BCUT2D eigenvalue weighted by Crippen LogP contribution is 2.11. The van der Waals surface area contributed by atoms with Gasteiger partial charge in [0, 0.05) is 24.8 Å². The van der Waals surface area contributed by atoms with Gasteiger partial charge in [0.25, 0.3) is 0 Å². The number of rotatable bonds is 3. The van der Waals surface area contributed by atoms with Crippen molar-refractivity contribution in [1.82, 2.24) is 15.1 Å². The average Bonchev–Trinajstić information content (AvgIpc) is 2.38. The van der Waals surface area contributed by atoms with Gasteiger partial charge in [0.05, 0.1) is 5.69 Å². The normalized spacial score (nSPS) is 12.6. The first kappa shape index (κ1) is 12.0. The molecule has 0 aliphatic carbocycles. The average molecular weight is 230 g/mol. The first-order chi connectivity index (χ1) is 6.93. The molecule has 1 rings (SSSR count). The third-order valence-corrected chi connectivity index (χ3v) is 2.66. The molecule has 0 bridgehead atoms. The van der Waals surface area contributed by atoms with Gasteiger partial charge in [0.2, 0.25) is 5.91 Å². The largest absolute Gasteiger partial charge is 0.351 e. The molecule has 0 spiro atoms. The molecule has 0 radical (unpaired) electrons. The number of carbonyl (C=O) groups excluding carboxylic acids is 1. The summed E-state index contributed by atoms with van der Waals surface area (Å²) in [6.07, 6.45) is 0.